The van der Waals surface area contributed by atoms with E-state index in [4.69, 9.17) is 9.47 Å². The van der Waals surface area contributed by atoms with Gasteiger partial charge in [0.15, 0.2) is 11.5 Å². The molecule has 0 radical (unpaired) electrons. The molecule has 0 unspecified atom stereocenters. The summed E-state index contributed by atoms with van der Waals surface area (Å²) in [5.41, 5.74) is 3.62. The van der Waals surface area contributed by atoms with E-state index < -0.39 is 0 Å². The van der Waals surface area contributed by atoms with Gasteiger partial charge in [0.05, 0.1) is 19.7 Å². The van der Waals surface area contributed by atoms with E-state index in [2.05, 4.69) is 41.4 Å². The first-order valence-corrected chi connectivity index (χ1v) is 7.85. The lowest BCUT2D eigenvalue weighted by atomic mass is 10.0. The van der Waals surface area contributed by atoms with E-state index >= 15 is 0 Å². The summed E-state index contributed by atoms with van der Waals surface area (Å²) in [7, 11) is 3.31. The van der Waals surface area contributed by atoms with Crippen LogP contribution >= 0.6 is 0 Å². The van der Waals surface area contributed by atoms with Crippen molar-refractivity contribution >= 4 is 10.9 Å². The van der Waals surface area contributed by atoms with Crippen LogP contribution in [0.4, 0.5) is 0 Å². The first-order valence-electron chi connectivity index (χ1n) is 7.85. The third-order valence-electron chi connectivity index (χ3n) is 4.09. The highest BCUT2D eigenvalue weighted by atomic mass is 16.5. The topological polar surface area (TPSA) is 31.4 Å². The summed E-state index contributed by atoms with van der Waals surface area (Å²) in [6.07, 6.45) is 5.07. The van der Waals surface area contributed by atoms with Gasteiger partial charge in [-0.25, -0.2) is 0 Å². The van der Waals surface area contributed by atoms with Gasteiger partial charge in [0.25, 0.3) is 0 Å². The van der Waals surface area contributed by atoms with E-state index in [9.17, 15) is 0 Å². The number of rotatable bonds is 6. The predicted molar refractivity (Wildman–Crippen MR) is 93.3 cm³/mol. The van der Waals surface area contributed by atoms with E-state index in [1.54, 1.807) is 14.2 Å². The Hall–Kier alpha value is -2.55. The first kappa shape index (κ1) is 15.3. The lowest BCUT2D eigenvalue weighted by Gasteiger charge is -2.11. The van der Waals surface area contributed by atoms with Gasteiger partial charge in [0.1, 0.15) is 0 Å². The van der Waals surface area contributed by atoms with Crippen LogP contribution in [-0.4, -0.2) is 19.2 Å². The molecule has 2 aromatic carbocycles. The molecule has 0 spiro atoms. The Labute approximate surface area is 136 Å². The van der Waals surface area contributed by atoms with E-state index in [1.165, 1.54) is 11.1 Å². The SMILES string of the molecule is COc1cc2nccc(CCCc3ccccc3)c2cc1OC. The van der Waals surface area contributed by atoms with Gasteiger partial charge < -0.3 is 9.47 Å². The molecule has 1 heterocycles. The molecule has 3 heteroatoms. The Morgan fingerprint density at radius 3 is 2.35 bits per heavy atom. The number of ether oxygens (including phenoxy) is 2. The first-order chi connectivity index (χ1) is 11.3. The van der Waals surface area contributed by atoms with Crippen molar-refractivity contribution in [2.45, 2.75) is 19.3 Å². The zero-order chi connectivity index (χ0) is 16.1. The minimum Gasteiger partial charge on any atom is -0.493 e. The van der Waals surface area contributed by atoms with Crippen molar-refractivity contribution in [2.24, 2.45) is 0 Å². The molecule has 3 aromatic rings. The summed E-state index contributed by atoms with van der Waals surface area (Å²) < 4.78 is 10.8. The van der Waals surface area contributed by atoms with Gasteiger partial charge in [-0.1, -0.05) is 30.3 Å². The van der Waals surface area contributed by atoms with Crippen LogP contribution in [0.1, 0.15) is 17.5 Å². The minimum atomic E-state index is 0.717. The fourth-order valence-electron chi connectivity index (χ4n) is 2.88. The van der Waals surface area contributed by atoms with Crippen molar-refractivity contribution in [1.82, 2.24) is 4.98 Å². The number of hydrogen-bond donors (Lipinski definition) is 0. The summed E-state index contributed by atoms with van der Waals surface area (Å²) in [6, 6.07) is 16.7. The summed E-state index contributed by atoms with van der Waals surface area (Å²) in [5, 5.41) is 1.14. The number of methoxy groups -OCH3 is 2. The van der Waals surface area contributed by atoms with Gasteiger partial charge in [-0.15, -0.1) is 0 Å². The predicted octanol–water partition coefficient (Wildman–Crippen LogP) is 4.43. The fraction of sp³-hybridized carbons (Fsp3) is 0.250. The second-order valence-corrected chi connectivity index (χ2v) is 5.53. The normalized spacial score (nSPS) is 10.7. The number of aryl methyl sites for hydroxylation is 2. The summed E-state index contributed by atoms with van der Waals surface area (Å²) in [6.45, 7) is 0. The summed E-state index contributed by atoms with van der Waals surface area (Å²) in [5.74, 6) is 1.46. The smallest absolute Gasteiger partial charge is 0.162 e. The second-order valence-electron chi connectivity index (χ2n) is 5.53. The second kappa shape index (κ2) is 7.14. The molecule has 1 aromatic heterocycles. The maximum Gasteiger partial charge on any atom is 0.162 e. The standard InChI is InChI=1S/C20H21NO2/c1-22-19-13-17-16(10-6-9-15-7-4-3-5-8-15)11-12-21-18(17)14-20(19)23-2/h3-5,7-8,11-14H,6,9-10H2,1-2H3. The molecule has 0 amide bonds. The van der Waals surface area contributed by atoms with Crippen LogP contribution in [0.2, 0.25) is 0 Å². The molecular formula is C20H21NO2. The molecule has 0 fully saturated rings. The number of fused-ring (bicyclic) bond motifs is 1. The van der Waals surface area contributed by atoms with Crippen LogP contribution in [-0.2, 0) is 12.8 Å². The Bertz CT molecular complexity index is 784. The molecule has 0 aliphatic carbocycles. The van der Waals surface area contributed by atoms with Gasteiger partial charge in [0, 0.05) is 17.6 Å². The molecule has 3 nitrogen and oxygen atoms in total. The molecule has 0 aliphatic rings. The Balaban J connectivity index is 1.83. The number of pyridine rings is 1. The van der Waals surface area contributed by atoms with Crippen molar-refractivity contribution < 1.29 is 9.47 Å². The zero-order valence-electron chi connectivity index (χ0n) is 13.6. The number of aromatic nitrogens is 1. The van der Waals surface area contributed by atoms with Crippen molar-refractivity contribution in [3.63, 3.8) is 0 Å². The van der Waals surface area contributed by atoms with Crippen molar-refractivity contribution in [3.8, 4) is 11.5 Å². The Kier molecular flexibility index (Phi) is 4.77. The van der Waals surface area contributed by atoms with Gasteiger partial charge in [-0.3, -0.25) is 4.98 Å². The molecule has 0 saturated carbocycles. The average molecular weight is 307 g/mol. The van der Waals surface area contributed by atoms with Crippen LogP contribution in [0, 0.1) is 0 Å². The summed E-state index contributed by atoms with van der Waals surface area (Å²) >= 11 is 0. The molecule has 23 heavy (non-hydrogen) atoms. The molecule has 0 bridgehead atoms. The third kappa shape index (κ3) is 3.45. The molecule has 0 atom stereocenters. The van der Waals surface area contributed by atoms with Crippen LogP contribution < -0.4 is 9.47 Å². The molecule has 0 N–H and O–H groups in total. The third-order valence-corrected chi connectivity index (χ3v) is 4.09. The number of nitrogens with zero attached hydrogens (tertiary/aromatic N) is 1. The van der Waals surface area contributed by atoms with Crippen LogP contribution in [0.5, 0.6) is 11.5 Å². The Morgan fingerprint density at radius 1 is 0.870 bits per heavy atom. The highest BCUT2D eigenvalue weighted by molar-refractivity contribution is 5.85. The van der Waals surface area contributed by atoms with Gasteiger partial charge >= 0.3 is 0 Å². The van der Waals surface area contributed by atoms with Crippen LogP contribution in [0.3, 0.4) is 0 Å². The lowest BCUT2D eigenvalue weighted by Crippen LogP contribution is -1.95. The largest absolute Gasteiger partial charge is 0.493 e. The monoisotopic (exact) mass is 307 g/mol. The Morgan fingerprint density at radius 2 is 1.61 bits per heavy atom. The molecular weight excluding hydrogens is 286 g/mol. The maximum absolute atomic E-state index is 5.42. The molecule has 0 aliphatic heterocycles. The molecule has 0 saturated heterocycles. The van der Waals surface area contributed by atoms with E-state index in [0.717, 1.165) is 35.9 Å². The molecule has 118 valence electrons. The van der Waals surface area contributed by atoms with Gasteiger partial charge in [0.2, 0.25) is 0 Å². The molecule has 3 rings (SSSR count). The van der Waals surface area contributed by atoms with E-state index in [1.807, 2.05) is 18.3 Å². The van der Waals surface area contributed by atoms with Gasteiger partial charge in [-0.2, -0.15) is 0 Å². The maximum atomic E-state index is 5.42. The van der Waals surface area contributed by atoms with Crippen LogP contribution in [0.15, 0.2) is 54.7 Å². The number of benzene rings is 2. The average Bonchev–Trinajstić information content (AvgIpc) is 2.61. The summed E-state index contributed by atoms with van der Waals surface area (Å²) in [4.78, 5) is 4.46. The van der Waals surface area contributed by atoms with Gasteiger partial charge in [-0.05, 0) is 42.5 Å². The van der Waals surface area contributed by atoms with Crippen LogP contribution in [0.25, 0.3) is 10.9 Å². The van der Waals surface area contributed by atoms with Crippen molar-refractivity contribution in [2.75, 3.05) is 14.2 Å². The van der Waals surface area contributed by atoms with Crippen molar-refractivity contribution in [1.29, 1.82) is 0 Å². The number of hydrogen-bond acceptors (Lipinski definition) is 3. The lowest BCUT2D eigenvalue weighted by molar-refractivity contribution is 0.355. The van der Waals surface area contributed by atoms with Crippen molar-refractivity contribution in [3.05, 3.63) is 65.9 Å². The zero-order valence-corrected chi connectivity index (χ0v) is 13.6. The quantitative estimate of drug-likeness (QED) is 0.675. The highest BCUT2D eigenvalue weighted by Crippen LogP contribution is 2.33. The highest BCUT2D eigenvalue weighted by Gasteiger charge is 2.09. The van der Waals surface area contributed by atoms with E-state index in [0.29, 0.717) is 5.75 Å². The van der Waals surface area contributed by atoms with E-state index in [-0.39, 0.29) is 0 Å². The minimum absolute atomic E-state index is 0.717. The fourth-order valence-corrected chi connectivity index (χ4v) is 2.88.